The molecular weight excluding hydrogens is 428 g/mol. The van der Waals surface area contributed by atoms with Gasteiger partial charge in [-0.3, -0.25) is 9.36 Å². The summed E-state index contributed by atoms with van der Waals surface area (Å²) in [7, 11) is 0. The van der Waals surface area contributed by atoms with Gasteiger partial charge in [0.05, 0.1) is 11.7 Å². The summed E-state index contributed by atoms with van der Waals surface area (Å²) in [5.41, 5.74) is 4.47. The predicted molar refractivity (Wildman–Crippen MR) is 126 cm³/mol. The molecule has 1 heterocycles. The van der Waals surface area contributed by atoms with Crippen LogP contribution < -0.4 is 5.32 Å². The molecule has 3 aromatic rings. The van der Waals surface area contributed by atoms with E-state index in [1.165, 1.54) is 11.1 Å². The van der Waals surface area contributed by atoms with Crippen LogP contribution in [0.5, 0.6) is 0 Å². The van der Waals surface area contributed by atoms with Gasteiger partial charge >= 0.3 is 0 Å². The number of amides is 1. The third-order valence-electron chi connectivity index (χ3n) is 5.74. The second-order valence-corrected chi connectivity index (χ2v) is 9.62. The standard InChI is InChI=1S/C24H27ClN4OS/c1-15-6-4-7-18(12-15)14-31-24-28-27-22(17(3)26-23(30)19-8-5-9-19)29(24)21-13-20(25)11-10-16(21)2/h4,6-7,10-13,17,19H,5,8-9,14H2,1-3H3,(H,26,30). The number of hydrogen-bond donors (Lipinski definition) is 1. The molecule has 1 N–H and O–H groups in total. The molecule has 1 amide bonds. The molecule has 162 valence electrons. The van der Waals surface area contributed by atoms with E-state index in [0.717, 1.165) is 41.4 Å². The Morgan fingerprint density at radius 1 is 1.23 bits per heavy atom. The molecule has 0 radical (unpaired) electrons. The van der Waals surface area contributed by atoms with Gasteiger partial charge in [-0.2, -0.15) is 0 Å². The van der Waals surface area contributed by atoms with Crippen LogP contribution in [0.15, 0.2) is 47.6 Å². The summed E-state index contributed by atoms with van der Waals surface area (Å²) in [5.74, 6) is 1.72. The van der Waals surface area contributed by atoms with Gasteiger partial charge in [0.25, 0.3) is 0 Å². The fraction of sp³-hybridized carbons (Fsp3) is 0.375. The maximum atomic E-state index is 12.5. The van der Waals surface area contributed by atoms with Crippen LogP contribution in [0, 0.1) is 19.8 Å². The zero-order valence-electron chi connectivity index (χ0n) is 18.1. The fourth-order valence-corrected chi connectivity index (χ4v) is 4.78. The molecule has 5 nitrogen and oxygen atoms in total. The average Bonchev–Trinajstić information content (AvgIpc) is 3.10. The van der Waals surface area contributed by atoms with E-state index in [4.69, 9.17) is 11.6 Å². The minimum atomic E-state index is -0.257. The minimum absolute atomic E-state index is 0.102. The van der Waals surface area contributed by atoms with E-state index >= 15 is 0 Å². The fourth-order valence-electron chi connectivity index (χ4n) is 3.72. The van der Waals surface area contributed by atoms with Gasteiger partial charge in [-0.1, -0.05) is 65.7 Å². The third-order valence-corrected chi connectivity index (χ3v) is 6.98. The number of aryl methyl sites for hydroxylation is 2. The molecule has 1 aliphatic rings. The molecule has 7 heteroatoms. The predicted octanol–water partition coefficient (Wildman–Crippen LogP) is 5.81. The molecule has 1 unspecified atom stereocenters. The van der Waals surface area contributed by atoms with E-state index in [9.17, 15) is 4.79 Å². The molecule has 2 aromatic carbocycles. The SMILES string of the molecule is Cc1cccc(CSc2nnc(C(C)NC(=O)C3CCC3)n2-c2cc(Cl)ccc2C)c1. The van der Waals surface area contributed by atoms with Crippen LogP contribution in [0.25, 0.3) is 5.69 Å². The number of hydrogen-bond acceptors (Lipinski definition) is 4. The number of nitrogens with one attached hydrogen (secondary N) is 1. The highest BCUT2D eigenvalue weighted by molar-refractivity contribution is 7.98. The number of carbonyl (C=O) groups is 1. The molecule has 0 aliphatic heterocycles. The van der Waals surface area contributed by atoms with Crippen LogP contribution >= 0.6 is 23.4 Å². The highest BCUT2D eigenvalue weighted by Crippen LogP contribution is 2.31. The number of nitrogens with zero attached hydrogens (tertiary/aromatic N) is 3. The number of halogens is 1. The van der Waals surface area contributed by atoms with E-state index in [-0.39, 0.29) is 17.9 Å². The summed E-state index contributed by atoms with van der Waals surface area (Å²) in [6, 6.07) is 14.0. The first-order valence-corrected chi connectivity index (χ1v) is 12.0. The zero-order chi connectivity index (χ0) is 22.0. The smallest absolute Gasteiger partial charge is 0.223 e. The molecule has 1 saturated carbocycles. The molecule has 0 spiro atoms. The number of aromatic nitrogens is 3. The van der Waals surface area contributed by atoms with Crippen LogP contribution in [0.4, 0.5) is 0 Å². The lowest BCUT2D eigenvalue weighted by molar-refractivity contribution is -0.128. The molecular formula is C24H27ClN4OS. The molecule has 31 heavy (non-hydrogen) atoms. The van der Waals surface area contributed by atoms with Crippen molar-refractivity contribution in [3.63, 3.8) is 0 Å². The Balaban J connectivity index is 1.66. The first-order valence-electron chi connectivity index (χ1n) is 10.6. The lowest BCUT2D eigenvalue weighted by Gasteiger charge is -2.26. The molecule has 0 bridgehead atoms. The van der Waals surface area contributed by atoms with Crippen LogP contribution in [0.2, 0.25) is 5.02 Å². The van der Waals surface area contributed by atoms with Gasteiger partial charge in [0.2, 0.25) is 5.91 Å². The minimum Gasteiger partial charge on any atom is -0.346 e. The van der Waals surface area contributed by atoms with Crippen LogP contribution in [0.1, 0.15) is 54.7 Å². The number of rotatable bonds is 7. The zero-order valence-corrected chi connectivity index (χ0v) is 19.6. The van der Waals surface area contributed by atoms with Gasteiger partial charge in [0.1, 0.15) is 0 Å². The Bertz CT molecular complexity index is 1090. The highest BCUT2D eigenvalue weighted by atomic mass is 35.5. The lowest BCUT2D eigenvalue weighted by atomic mass is 9.84. The lowest BCUT2D eigenvalue weighted by Crippen LogP contribution is -2.36. The first kappa shape index (κ1) is 21.9. The summed E-state index contributed by atoms with van der Waals surface area (Å²) in [5, 5.41) is 13.5. The second-order valence-electron chi connectivity index (χ2n) is 8.24. The third kappa shape index (κ3) is 4.96. The van der Waals surface area contributed by atoms with E-state index in [0.29, 0.717) is 10.8 Å². The second kappa shape index (κ2) is 9.45. The van der Waals surface area contributed by atoms with E-state index in [1.54, 1.807) is 11.8 Å². The van der Waals surface area contributed by atoms with E-state index in [1.807, 2.05) is 36.6 Å². The van der Waals surface area contributed by atoms with Crippen LogP contribution in [-0.2, 0) is 10.5 Å². The van der Waals surface area contributed by atoms with Crippen LogP contribution in [0.3, 0.4) is 0 Å². The van der Waals surface area contributed by atoms with Crippen LogP contribution in [-0.4, -0.2) is 20.7 Å². The van der Waals surface area contributed by atoms with Crippen molar-refractivity contribution in [3.05, 3.63) is 70.0 Å². The molecule has 4 rings (SSSR count). The summed E-state index contributed by atoms with van der Waals surface area (Å²) in [6.45, 7) is 6.10. The van der Waals surface area contributed by atoms with Gasteiger partial charge in [-0.15, -0.1) is 10.2 Å². The normalized spacial score (nSPS) is 14.8. The summed E-state index contributed by atoms with van der Waals surface area (Å²) in [4.78, 5) is 12.5. The van der Waals surface area contributed by atoms with Crippen molar-refractivity contribution in [2.75, 3.05) is 0 Å². The Kier molecular flexibility index (Phi) is 6.68. The van der Waals surface area contributed by atoms with Crippen molar-refractivity contribution in [2.24, 2.45) is 5.92 Å². The maximum absolute atomic E-state index is 12.5. The summed E-state index contributed by atoms with van der Waals surface area (Å²) < 4.78 is 2.04. The molecule has 1 aromatic heterocycles. The largest absolute Gasteiger partial charge is 0.346 e. The van der Waals surface area contributed by atoms with Crippen molar-refractivity contribution < 1.29 is 4.79 Å². The monoisotopic (exact) mass is 454 g/mol. The quantitative estimate of drug-likeness (QED) is 0.458. The Hall–Kier alpha value is -2.31. The number of benzene rings is 2. The molecule has 1 aliphatic carbocycles. The van der Waals surface area contributed by atoms with Crippen molar-refractivity contribution in [3.8, 4) is 5.69 Å². The summed E-state index contributed by atoms with van der Waals surface area (Å²) >= 11 is 7.96. The highest BCUT2D eigenvalue weighted by Gasteiger charge is 2.28. The van der Waals surface area contributed by atoms with E-state index < -0.39 is 0 Å². The Morgan fingerprint density at radius 2 is 2.03 bits per heavy atom. The Labute approximate surface area is 192 Å². The first-order chi connectivity index (χ1) is 14.9. The van der Waals surface area contributed by atoms with Crippen molar-refractivity contribution in [2.45, 2.75) is 57.0 Å². The van der Waals surface area contributed by atoms with Crippen molar-refractivity contribution in [1.82, 2.24) is 20.1 Å². The maximum Gasteiger partial charge on any atom is 0.223 e. The van der Waals surface area contributed by atoms with Crippen molar-refractivity contribution >= 4 is 29.3 Å². The number of thioether (sulfide) groups is 1. The molecule has 1 atom stereocenters. The van der Waals surface area contributed by atoms with Gasteiger partial charge in [-0.25, -0.2) is 0 Å². The summed E-state index contributed by atoms with van der Waals surface area (Å²) in [6.07, 6.45) is 3.07. The average molecular weight is 455 g/mol. The molecule has 1 fully saturated rings. The van der Waals surface area contributed by atoms with Gasteiger partial charge < -0.3 is 5.32 Å². The topological polar surface area (TPSA) is 59.8 Å². The number of carbonyl (C=O) groups excluding carboxylic acids is 1. The Morgan fingerprint density at radius 3 is 2.74 bits per heavy atom. The molecule has 0 saturated heterocycles. The van der Waals surface area contributed by atoms with Crippen molar-refractivity contribution in [1.29, 1.82) is 0 Å². The van der Waals surface area contributed by atoms with Gasteiger partial charge in [-0.05, 0) is 56.9 Å². The van der Waals surface area contributed by atoms with Gasteiger partial charge in [0, 0.05) is 16.7 Å². The van der Waals surface area contributed by atoms with E-state index in [2.05, 4.69) is 46.7 Å². The van der Waals surface area contributed by atoms with Gasteiger partial charge in [0.15, 0.2) is 11.0 Å².